The van der Waals surface area contributed by atoms with Crippen LogP contribution in [0.1, 0.15) is 37.0 Å². The van der Waals surface area contributed by atoms with Gasteiger partial charge in [0.2, 0.25) is 0 Å². The molecule has 1 aliphatic heterocycles. The monoisotopic (exact) mass is 625 g/mol. The van der Waals surface area contributed by atoms with E-state index >= 15 is 0 Å². The predicted molar refractivity (Wildman–Crippen MR) is 173 cm³/mol. The van der Waals surface area contributed by atoms with Crippen LogP contribution < -0.4 is 14.9 Å². The Balaban J connectivity index is 1.47. The number of nitrogens with zero attached hydrogens (tertiary/aromatic N) is 3. The van der Waals surface area contributed by atoms with Crippen LogP contribution in [0, 0.1) is 15.5 Å². The van der Waals surface area contributed by atoms with Gasteiger partial charge in [0, 0.05) is 47.1 Å². The highest BCUT2D eigenvalue weighted by Crippen LogP contribution is 2.33. The van der Waals surface area contributed by atoms with Crippen molar-refractivity contribution < 1.29 is 18.1 Å². The molecule has 12 heteroatoms. The third-order valence-corrected chi connectivity index (χ3v) is 9.86. The fourth-order valence-electron chi connectivity index (χ4n) is 4.89. The molecule has 0 spiro atoms. The minimum atomic E-state index is -4.37. The van der Waals surface area contributed by atoms with Crippen LogP contribution in [-0.4, -0.2) is 69.7 Å². The van der Waals surface area contributed by atoms with Crippen LogP contribution in [0.5, 0.6) is 0 Å². The number of hydrogen-bond donors (Lipinski definition) is 2. The lowest BCUT2D eigenvalue weighted by atomic mass is 9.93. The van der Waals surface area contributed by atoms with Crippen LogP contribution in [0.15, 0.2) is 82.6 Å². The van der Waals surface area contributed by atoms with Gasteiger partial charge in [-0.3, -0.25) is 14.9 Å². The SMILES string of the molecule is CN(C)CC[C@H](CSc1ccccc1)Nc1ccc(S(=O)(=O)NC(=O)c2ccc(N3CCC(C)(C)C3)cc2)cc1[N+](=O)[O-]. The van der Waals surface area contributed by atoms with Gasteiger partial charge in [0.25, 0.3) is 21.6 Å². The average Bonchev–Trinajstić information content (AvgIpc) is 3.34. The number of benzene rings is 3. The fraction of sp³-hybridized carbons (Fsp3) is 0.387. The molecule has 0 radical (unpaired) electrons. The predicted octanol–water partition coefficient (Wildman–Crippen LogP) is 5.47. The maximum absolute atomic E-state index is 13.1. The van der Waals surface area contributed by atoms with Crippen molar-refractivity contribution in [2.75, 3.05) is 49.7 Å². The first kappa shape index (κ1) is 32.3. The molecule has 1 atom stereocenters. The van der Waals surface area contributed by atoms with Crippen LogP contribution in [0.25, 0.3) is 0 Å². The Morgan fingerprint density at radius 3 is 2.40 bits per heavy atom. The van der Waals surface area contributed by atoms with Crippen molar-refractivity contribution in [1.82, 2.24) is 9.62 Å². The number of nitro groups is 1. The molecule has 43 heavy (non-hydrogen) atoms. The Morgan fingerprint density at radius 2 is 1.79 bits per heavy atom. The zero-order valence-corrected chi connectivity index (χ0v) is 26.6. The summed E-state index contributed by atoms with van der Waals surface area (Å²) in [5, 5.41) is 15.3. The van der Waals surface area contributed by atoms with Crippen molar-refractivity contribution in [3.63, 3.8) is 0 Å². The second kappa shape index (κ2) is 13.8. The van der Waals surface area contributed by atoms with Gasteiger partial charge >= 0.3 is 0 Å². The number of carbonyl (C=O) groups is 1. The first-order chi connectivity index (χ1) is 20.3. The van der Waals surface area contributed by atoms with E-state index in [1.165, 1.54) is 12.1 Å². The van der Waals surface area contributed by atoms with Gasteiger partial charge < -0.3 is 15.1 Å². The highest BCUT2D eigenvalue weighted by atomic mass is 32.2. The van der Waals surface area contributed by atoms with Crippen molar-refractivity contribution in [3.8, 4) is 0 Å². The smallest absolute Gasteiger partial charge is 0.293 e. The molecule has 0 aliphatic carbocycles. The van der Waals surface area contributed by atoms with Crippen LogP contribution in [0.2, 0.25) is 0 Å². The molecule has 1 fully saturated rings. The van der Waals surface area contributed by atoms with Crippen LogP contribution in [0.3, 0.4) is 0 Å². The topological polar surface area (TPSA) is 125 Å². The molecule has 3 aromatic rings. The van der Waals surface area contributed by atoms with Crippen molar-refractivity contribution in [3.05, 3.63) is 88.5 Å². The lowest BCUT2D eigenvalue weighted by molar-refractivity contribution is -0.384. The van der Waals surface area contributed by atoms with Gasteiger partial charge in [-0.15, -0.1) is 11.8 Å². The third-order valence-electron chi connectivity index (χ3n) is 7.35. The summed E-state index contributed by atoms with van der Waals surface area (Å²) in [6, 6.07) is 20.2. The Labute approximate surface area is 258 Å². The summed E-state index contributed by atoms with van der Waals surface area (Å²) in [5.74, 6) is -0.153. The third kappa shape index (κ3) is 8.94. The van der Waals surface area contributed by atoms with Crippen molar-refractivity contribution in [2.45, 2.75) is 42.5 Å². The van der Waals surface area contributed by atoms with E-state index in [1.54, 1.807) is 36.0 Å². The lowest BCUT2D eigenvalue weighted by Crippen LogP contribution is -2.31. The number of anilines is 2. The maximum atomic E-state index is 13.1. The van der Waals surface area contributed by atoms with E-state index in [0.29, 0.717) is 12.2 Å². The van der Waals surface area contributed by atoms with Crippen LogP contribution in [-0.2, 0) is 10.0 Å². The first-order valence-corrected chi connectivity index (χ1v) is 16.6. The summed E-state index contributed by atoms with van der Waals surface area (Å²) >= 11 is 1.64. The summed E-state index contributed by atoms with van der Waals surface area (Å²) in [4.78, 5) is 29.3. The maximum Gasteiger partial charge on any atom is 0.293 e. The Kier molecular flexibility index (Phi) is 10.4. The number of sulfonamides is 1. The second-order valence-corrected chi connectivity index (χ2v) is 14.6. The molecule has 230 valence electrons. The number of carbonyl (C=O) groups excluding carboxylic acids is 1. The van der Waals surface area contributed by atoms with Crippen molar-refractivity contribution in [1.29, 1.82) is 0 Å². The lowest BCUT2D eigenvalue weighted by Gasteiger charge is -2.22. The van der Waals surface area contributed by atoms with E-state index in [9.17, 15) is 23.3 Å². The molecule has 1 saturated heterocycles. The zero-order chi connectivity index (χ0) is 31.2. The van der Waals surface area contributed by atoms with E-state index < -0.39 is 20.9 Å². The molecule has 1 aliphatic rings. The van der Waals surface area contributed by atoms with Crippen molar-refractivity contribution in [2.24, 2.45) is 5.41 Å². The minimum Gasteiger partial charge on any atom is -0.376 e. The highest BCUT2D eigenvalue weighted by Gasteiger charge is 2.29. The molecule has 10 nitrogen and oxygen atoms in total. The number of amides is 1. The van der Waals surface area contributed by atoms with Crippen molar-refractivity contribution >= 4 is 44.8 Å². The summed E-state index contributed by atoms with van der Waals surface area (Å²) in [7, 11) is -0.453. The molecule has 0 saturated carbocycles. The standard InChI is InChI=1S/C31H39N5O5S2/c1-31(2)17-19-35(22-31)25-12-10-23(11-13-25)30(37)33-43(40,41)27-14-15-28(29(20-27)36(38)39)32-24(16-18-34(3)4)21-42-26-8-6-5-7-9-26/h5-15,20,24,32H,16-19,21-22H2,1-4H3,(H,33,37)/t24-/m1/s1. The Hall–Kier alpha value is -3.61. The second-order valence-electron chi connectivity index (χ2n) is 11.8. The van der Waals surface area contributed by atoms with E-state index in [-0.39, 0.29) is 33.3 Å². The summed E-state index contributed by atoms with van der Waals surface area (Å²) in [6.45, 7) is 7.00. The Bertz CT molecular complexity index is 1530. The van der Waals surface area contributed by atoms with Gasteiger partial charge in [0.05, 0.1) is 9.82 Å². The Morgan fingerprint density at radius 1 is 1.09 bits per heavy atom. The van der Waals surface area contributed by atoms with Gasteiger partial charge in [-0.1, -0.05) is 32.0 Å². The largest absolute Gasteiger partial charge is 0.376 e. The van der Waals surface area contributed by atoms with E-state index in [0.717, 1.165) is 42.7 Å². The molecule has 1 heterocycles. The van der Waals surface area contributed by atoms with Gasteiger partial charge in [0.15, 0.2) is 0 Å². The molecule has 3 aromatic carbocycles. The molecular weight excluding hydrogens is 587 g/mol. The number of rotatable bonds is 13. The summed E-state index contributed by atoms with van der Waals surface area (Å²) < 4.78 is 28.3. The molecule has 0 unspecified atom stereocenters. The number of thioether (sulfide) groups is 1. The number of hydrogen-bond acceptors (Lipinski definition) is 9. The van der Waals surface area contributed by atoms with Gasteiger partial charge in [0.1, 0.15) is 5.69 Å². The summed E-state index contributed by atoms with van der Waals surface area (Å²) in [5.41, 5.74) is 1.20. The van der Waals surface area contributed by atoms with E-state index in [1.807, 2.05) is 49.3 Å². The van der Waals surface area contributed by atoms with E-state index in [4.69, 9.17) is 0 Å². The molecule has 1 amide bonds. The normalized spacial score (nSPS) is 15.3. The van der Waals surface area contributed by atoms with Crippen LogP contribution >= 0.6 is 11.8 Å². The molecule has 0 aromatic heterocycles. The van der Waals surface area contributed by atoms with Crippen LogP contribution in [0.4, 0.5) is 17.1 Å². The van der Waals surface area contributed by atoms with Gasteiger partial charge in [-0.2, -0.15) is 0 Å². The highest BCUT2D eigenvalue weighted by molar-refractivity contribution is 7.99. The fourth-order valence-corrected chi connectivity index (χ4v) is 6.88. The molecule has 4 rings (SSSR count). The first-order valence-electron chi connectivity index (χ1n) is 14.1. The average molecular weight is 626 g/mol. The molecular formula is C31H39N5O5S2. The number of nitrogens with one attached hydrogen (secondary N) is 2. The minimum absolute atomic E-state index is 0.122. The summed E-state index contributed by atoms with van der Waals surface area (Å²) in [6.07, 6.45) is 1.78. The van der Waals surface area contributed by atoms with Gasteiger partial charge in [-0.05, 0) is 87.4 Å². The number of nitro benzene ring substituents is 1. The zero-order valence-electron chi connectivity index (χ0n) is 24.9. The quantitative estimate of drug-likeness (QED) is 0.144. The molecule has 2 N–H and O–H groups in total. The van der Waals surface area contributed by atoms with E-state index in [2.05, 4.69) is 28.8 Å². The van der Waals surface area contributed by atoms with Gasteiger partial charge in [-0.25, -0.2) is 13.1 Å². The molecule has 0 bridgehead atoms.